The lowest BCUT2D eigenvalue weighted by Gasteiger charge is -2.09. The molecular weight excluding hydrogens is 287 g/mol. The van der Waals surface area contributed by atoms with Crippen LogP contribution >= 0.6 is 0 Å². The van der Waals surface area contributed by atoms with Gasteiger partial charge < -0.3 is 4.74 Å². The molecule has 2 heteroatoms. The molecule has 0 fully saturated rings. The van der Waals surface area contributed by atoms with Crippen LogP contribution in [0.2, 0.25) is 0 Å². The fourth-order valence-electron chi connectivity index (χ4n) is 2.45. The number of hydrogen-bond donors (Lipinski definition) is 0. The van der Waals surface area contributed by atoms with Crippen molar-refractivity contribution in [1.82, 2.24) is 0 Å². The fourth-order valence-corrected chi connectivity index (χ4v) is 2.45. The molecule has 3 aromatic rings. The van der Waals surface area contributed by atoms with Crippen LogP contribution in [0.1, 0.15) is 16.7 Å². The predicted octanol–water partition coefficient (Wildman–Crippen LogP) is 5.42. The second-order valence-electron chi connectivity index (χ2n) is 5.20. The van der Waals surface area contributed by atoms with Crippen molar-refractivity contribution < 1.29 is 9.13 Å². The molecule has 0 radical (unpaired) electrons. The summed E-state index contributed by atoms with van der Waals surface area (Å²) >= 11 is 0. The Balaban J connectivity index is 2.07. The first-order valence-corrected chi connectivity index (χ1v) is 7.43. The third kappa shape index (κ3) is 3.67. The van der Waals surface area contributed by atoms with Gasteiger partial charge in [0.25, 0.3) is 0 Å². The summed E-state index contributed by atoms with van der Waals surface area (Å²) in [5.41, 5.74) is 4.19. The minimum absolute atomic E-state index is 0.231. The van der Waals surface area contributed by atoms with Gasteiger partial charge >= 0.3 is 0 Å². The first-order chi connectivity index (χ1) is 11.3. The SMILES string of the molecule is COc1ccc(/C=C(\c2ccccc2)c2ccc(F)cc2)cc1. The molecule has 0 saturated heterocycles. The Kier molecular flexibility index (Phi) is 4.53. The topological polar surface area (TPSA) is 9.23 Å². The van der Waals surface area contributed by atoms with Gasteiger partial charge in [0, 0.05) is 0 Å². The number of benzene rings is 3. The minimum atomic E-state index is -0.231. The maximum Gasteiger partial charge on any atom is 0.123 e. The zero-order valence-electron chi connectivity index (χ0n) is 12.9. The molecule has 0 N–H and O–H groups in total. The van der Waals surface area contributed by atoms with Gasteiger partial charge in [-0.05, 0) is 52.6 Å². The van der Waals surface area contributed by atoms with E-state index in [0.717, 1.165) is 28.0 Å². The highest BCUT2D eigenvalue weighted by Gasteiger charge is 2.05. The number of rotatable bonds is 4. The van der Waals surface area contributed by atoms with Gasteiger partial charge in [-0.1, -0.05) is 54.6 Å². The second-order valence-corrected chi connectivity index (χ2v) is 5.20. The van der Waals surface area contributed by atoms with Crippen LogP contribution in [0.3, 0.4) is 0 Å². The molecule has 0 aliphatic rings. The van der Waals surface area contributed by atoms with E-state index < -0.39 is 0 Å². The highest BCUT2D eigenvalue weighted by atomic mass is 19.1. The molecule has 0 bridgehead atoms. The Labute approximate surface area is 135 Å². The summed E-state index contributed by atoms with van der Waals surface area (Å²) < 4.78 is 18.4. The second kappa shape index (κ2) is 6.93. The molecule has 0 heterocycles. The van der Waals surface area contributed by atoms with Gasteiger partial charge in [-0.15, -0.1) is 0 Å². The quantitative estimate of drug-likeness (QED) is 0.584. The molecule has 3 aromatic carbocycles. The van der Waals surface area contributed by atoms with E-state index >= 15 is 0 Å². The summed E-state index contributed by atoms with van der Waals surface area (Å²) in [6, 6.07) is 24.5. The zero-order chi connectivity index (χ0) is 16.1. The summed E-state index contributed by atoms with van der Waals surface area (Å²) in [7, 11) is 1.65. The smallest absolute Gasteiger partial charge is 0.123 e. The summed E-state index contributed by atoms with van der Waals surface area (Å²) in [5, 5.41) is 0. The lowest BCUT2D eigenvalue weighted by molar-refractivity contribution is 0.415. The standard InChI is InChI=1S/C21H17FO/c1-23-20-13-7-16(8-14-20)15-21(17-5-3-2-4-6-17)18-9-11-19(22)12-10-18/h2-15H,1H3/b21-15+. The zero-order valence-corrected chi connectivity index (χ0v) is 12.9. The van der Waals surface area contributed by atoms with E-state index in [1.165, 1.54) is 12.1 Å². The number of ether oxygens (including phenoxy) is 1. The lowest BCUT2D eigenvalue weighted by Crippen LogP contribution is -1.89. The minimum Gasteiger partial charge on any atom is -0.497 e. The van der Waals surface area contributed by atoms with Crippen molar-refractivity contribution in [3.8, 4) is 5.75 Å². The van der Waals surface area contributed by atoms with Gasteiger partial charge in [-0.3, -0.25) is 0 Å². The predicted molar refractivity (Wildman–Crippen MR) is 92.8 cm³/mol. The molecule has 0 atom stereocenters. The van der Waals surface area contributed by atoms with Crippen molar-refractivity contribution in [2.45, 2.75) is 0 Å². The van der Waals surface area contributed by atoms with Crippen LogP contribution in [0.15, 0.2) is 78.9 Å². The number of halogens is 1. The summed E-state index contributed by atoms with van der Waals surface area (Å²) in [6.45, 7) is 0. The maximum absolute atomic E-state index is 13.2. The van der Waals surface area contributed by atoms with Gasteiger partial charge in [0.15, 0.2) is 0 Å². The molecule has 0 amide bonds. The Hall–Kier alpha value is -2.87. The normalized spacial score (nSPS) is 11.3. The van der Waals surface area contributed by atoms with E-state index in [1.807, 2.05) is 42.5 Å². The van der Waals surface area contributed by atoms with Crippen molar-refractivity contribution in [1.29, 1.82) is 0 Å². The Morgan fingerprint density at radius 2 is 1.39 bits per heavy atom. The van der Waals surface area contributed by atoms with Gasteiger partial charge in [-0.25, -0.2) is 4.39 Å². The van der Waals surface area contributed by atoms with E-state index in [0.29, 0.717) is 0 Å². The molecule has 0 saturated carbocycles. The first-order valence-electron chi connectivity index (χ1n) is 7.43. The van der Waals surface area contributed by atoms with Gasteiger partial charge in [-0.2, -0.15) is 0 Å². The molecule has 0 aromatic heterocycles. The largest absolute Gasteiger partial charge is 0.497 e. The van der Waals surface area contributed by atoms with Gasteiger partial charge in [0.05, 0.1) is 7.11 Å². The Morgan fingerprint density at radius 3 is 2.00 bits per heavy atom. The number of hydrogen-bond acceptors (Lipinski definition) is 1. The van der Waals surface area contributed by atoms with E-state index in [1.54, 1.807) is 19.2 Å². The maximum atomic E-state index is 13.2. The fraction of sp³-hybridized carbons (Fsp3) is 0.0476. The molecule has 0 spiro atoms. The van der Waals surface area contributed by atoms with Crippen LogP contribution in [0.4, 0.5) is 4.39 Å². The van der Waals surface area contributed by atoms with Gasteiger partial charge in [0.1, 0.15) is 11.6 Å². The van der Waals surface area contributed by atoms with Crippen LogP contribution in [0.5, 0.6) is 5.75 Å². The third-order valence-corrected chi connectivity index (χ3v) is 3.67. The summed E-state index contributed by atoms with van der Waals surface area (Å²) in [4.78, 5) is 0. The van der Waals surface area contributed by atoms with Crippen LogP contribution < -0.4 is 4.74 Å². The van der Waals surface area contributed by atoms with E-state index in [-0.39, 0.29) is 5.82 Å². The van der Waals surface area contributed by atoms with Crippen LogP contribution in [0, 0.1) is 5.82 Å². The third-order valence-electron chi connectivity index (χ3n) is 3.67. The highest BCUT2D eigenvalue weighted by molar-refractivity contribution is 5.91. The van der Waals surface area contributed by atoms with E-state index in [4.69, 9.17) is 4.74 Å². The molecule has 0 aliphatic heterocycles. The lowest BCUT2D eigenvalue weighted by atomic mass is 9.96. The molecule has 0 aliphatic carbocycles. The van der Waals surface area contributed by atoms with Crippen LogP contribution in [-0.4, -0.2) is 7.11 Å². The average Bonchev–Trinajstić information content (AvgIpc) is 2.62. The number of methoxy groups -OCH3 is 1. The molecule has 3 rings (SSSR count). The van der Waals surface area contributed by atoms with Crippen molar-refractivity contribution in [2.75, 3.05) is 7.11 Å². The van der Waals surface area contributed by atoms with E-state index in [9.17, 15) is 4.39 Å². The van der Waals surface area contributed by atoms with Crippen LogP contribution in [0.25, 0.3) is 11.6 Å². The molecule has 23 heavy (non-hydrogen) atoms. The molecular formula is C21H17FO. The molecule has 114 valence electrons. The van der Waals surface area contributed by atoms with Crippen molar-refractivity contribution in [3.63, 3.8) is 0 Å². The summed E-state index contributed by atoms with van der Waals surface area (Å²) in [5.74, 6) is 0.593. The molecule has 0 unspecified atom stereocenters. The van der Waals surface area contributed by atoms with Gasteiger partial charge in [0.2, 0.25) is 0 Å². The Bertz CT molecular complexity index is 788. The monoisotopic (exact) mass is 304 g/mol. The average molecular weight is 304 g/mol. The Morgan fingerprint density at radius 1 is 0.783 bits per heavy atom. The van der Waals surface area contributed by atoms with E-state index in [2.05, 4.69) is 18.2 Å². The van der Waals surface area contributed by atoms with Crippen LogP contribution in [-0.2, 0) is 0 Å². The summed E-state index contributed by atoms with van der Waals surface area (Å²) in [6.07, 6.45) is 2.10. The first kappa shape index (κ1) is 15.0. The highest BCUT2D eigenvalue weighted by Crippen LogP contribution is 2.26. The van der Waals surface area contributed by atoms with Crippen molar-refractivity contribution in [3.05, 3.63) is 101 Å². The molecule has 1 nitrogen and oxygen atoms in total. The van der Waals surface area contributed by atoms with Crippen molar-refractivity contribution in [2.24, 2.45) is 0 Å². The van der Waals surface area contributed by atoms with Crippen molar-refractivity contribution >= 4 is 11.6 Å².